The molecular formula is C21H27FN4O4. The number of amides is 2. The summed E-state index contributed by atoms with van der Waals surface area (Å²) in [5.74, 6) is -0.0889. The zero-order valence-corrected chi connectivity index (χ0v) is 16.8. The molecule has 2 unspecified atom stereocenters. The summed E-state index contributed by atoms with van der Waals surface area (Å²) in [6.45, 7) is -0.583. The summed E-state index contributed by atoms with van der Waals surface area (Å²) in [5.41, 5.74) is -0.783. The summed E-state index contributed by atoms with van der Waals surface area (Å²) in [6, 6.07) is 2.96. The van der Waals surface area contributed by atoms with E-state index in [1.165, 1.54) is 0 Å². The third-order valence-corrected chi connectivity index (χ3v) is 7.45. The summed E-state index contributed by atoms with van der Waals surface area (Å²) in [6.07, 6.45) is 5.61. The van der Waals surface area contributed by atoms with E-state index in [4.69, 9.17) is 4.74 Å². The highest BCUT2D eigenvalue weighted by molar-refractivity contribution is 6.09. The second-order valence-electron chi connectivity index (χ2n) is 8.89. The second kappa shape index (κ2) is 7.25. The molecule has 1 aromatic rings. The molecule has 2 spiro atoms. The Kier molecular flexibility index (Phi) is 4.79. The van der Waals surface area contributed by atoms with Crippen LogP contribution in [-0.4, -0.2) is 65.6 Å². The van der Waals surface area contributed by atoms with Crippen molar-refractivity contribution >= 4 is 17.6 Å². The molecule has 1 aromatic heterocycles. The van der Waals surface area contributed by atoms with Gasteiger partial charge in [-0.2, -0.15) is 0 Å². The van der Waals surface area contributed by atoms with Gasteiger partial charge in [0.05, 0.1) is 36.8 Å². The van der Waals surface area contributed by atoms with Crippen LogP contribution in [0.15, 0.2) is 18.3 Å². The largest absolute Gasteiger partial charge is 0.394 e. The molecule has 1 aliphatic carbocycles. The lowest BCUT2D eigenvalue weighted by Gasteiger charge is -2.49. The average Bonchev–Trinajstić information content (AvgIpc) is 3.24. The van der Waals surface area contributed by atoms with E-state index in [-0.39, 0.29) is 30.6 Å². The van der Waals surface area contributed by atoms with Crippen molar-refractivity contribution in [1.82, 2.24) is 15.6 Å². The summed E-state index contributed by atoms with van der Waals surface area (Å²) < 4.78 is 19.4. The maximum absolute atomic E-state index is 13.8. The molecule has 4 atom stereocenters. The number of nitrogens with zero attached hydrogens (tertiary/aromatic N) is 2. The van der Waals surface area contributed by atoms with E-state index in [0.717, 1.165) is 36.1 Å². The lowest BCUT2D eigenvalue weighted by molar-refractivity contribution is -0.127. The normalized spacial score (nSPS) is 34.3. The number of aromatic nitrogens is 1. The number of carbonyl (C=O) groups excluding carboxylic acids is 2. The Balaban J connectivity index is 1.40. The molecule has 9 heteroatoms. The Hall–Kier alpha value is -2.10. The molecule has 4 heterocycles. The molecule has 5 rings (SSSR count). The minimum Gasteiger partial charge on any atom is -0.394 e. The number of ether oxygens (including phenoxy) is 1. The number of halogens is 1. The minimum absolute atomic E-state index is 0.0173. The molecule has 0 bridgehead atoms. The van der Waals surface area contributed by atoms with Crippen LogP contribution in [0, 0.1) is 0 Å². The van der Waals surface area contributed by atoms with E-state index in [0.29, 0.717) is 25.3 Å². The number of rotatable bonds is 4. The van der Waals surface area contributed by atoms with Crippen molar-refractivity contribution in [3.05, 3.63) is 23.9 Å². The Morgan fingerprint density at radius 3 is 2.90 bits per heavy atom. The van der Waals surface area contributed by atoms with Gasteiger partial charge in [-0.1, -0.05) is 6.07 Å². The van der Waals surface area contributed by atoms with E-state index in [1.54, 1.807) is 12.3 Å². The first-order chi connectivity index (χ1) is 14.5. The Morgan fingerprint density at radius 1 is 1.43 bits per heavy atom. The van der Waals surface area contributed by atoms with Crippen LogP contribution < -0.4 is 15.5 Å². The van der Waals surface area contributed by atoms with Crippen LogP contribution in [-0.2, 0) is 19.7 Å². The van der Waals surface area contributed by atoms with Gasteiger partial charge in [0.1, 0.15) is 5.82 Å². The van der Waals surface area contributed by atoms with Crippen molar-refractivity contribution < 1.29 is 23.8 Å². The van der Waals surface area contributed by atoms with Crippen LogP contribution in [0.5, 0.6) is 0 Å². The quantitative estimate of drug-likeness (QED) is 0.617. The van der Waals surface area contributed by atoms with Crippen molar-refractivity contribution in [3.8, 4) is 0 Å². The highest BCUT2D eigenvalue weighted by Crippen LogP contribution is 2.59. The summed E-state index contributed by atoms with van der Waals surface area (Å²) in [4.78, 5) is 32.0. The van der Waals surface area contributed by atoms with Gasteiger partial charge < -0.3 is 15.2 Å². The van der Waals surface area contributed by atoms with Gasteiger partial charge in [0.25, 0.3) is 0 Å². The molecule has 4 aliphatic rings. The van der Waals surface area contributed by atoms with Crippen LogP contribution in [0.3, 0.4) is 0 Å². The number of hydrogen-bond acceptors (Lipinski definition) is 6. The lowest BCUT2D eigenvalue weighted by atomic mass is 9.57. The average molecular weight is 418 g/mol. The summed E-state index contributed by atoms with van der Waals surface area (Å²) in [7, 11) is 0. The fourth-order valence-corrected chi connectivity index (χ4v) is 5.79. The third-order valence-electron chi connectivity index (χ3n) is 7.45. The van der Waals surface area contributed by atoms with Gasteiger partial charge in [-0.05, 0) is 44.6 Å². The molecule has 2 saturated heterocycles. The van der Waals surface area contributed by atoms with Crippen LogP contribution in [0.2, 0.25) is 0 Å². The summed E-state index contributed by atoms with van der Waals surface area (Å²) >= 11 is 0. The Bertz CT molecular complexity index is 855. The minimum atomic E-state index is -0.964. The van der Waals surface area contributed by atoms with Crippen LogP contribution in [0.1, 0.15) is 44.1 Å². The molecule has 162 valence electrons. The molecular weight excluding hydrogens is 391 g/mol. The van der Waals surface area contributed by atoms with Crippen molar-refractivity contribution in [2.24, 2.45) is 0 Å². The number of pyridine rings is 1. The van der Waals surface area contributed by atoms with Gasteiger partial charge in [0, 0.05) is 17.3 Å². The highest BCUT2D eigenvalue weighted by Gasteiger charge is 2.70. The van der Waals surface area contributed by atoms with Gasteiger partial charge in [-0.3, -0.25) is 19.8 Å². The molecule has 2 amide bonds. The van der Waals surface area contributed by atoms with Crippen molar-refractivity contribution in [2.45, 2.75) is 67.7 Å². The van der Waals surface area contributed by atoms with Crippen LogP contribution in [0.25, 0.3) is 0 Å². The first-order valence-corrected chi connectivity index (χ1v) is 10.7. The zero-order valence-electron chi connectivity index (χ0n) is 16.8. The van der Waals surface area contributed by atoms with Crippen molar-refractivity contribution in [1.29, 1.82) is 0 Å². The number of carbonyl (C=O) groups is 2. The number of hydrogen-bond donors (Lipinski definition) is 3. The molecule has 8 nitrogen and oxygen atoms in total. The van der Waals surface area contributed by atoms with Gasteiger partial charge in [-0.15, -0.1) is 0 Å². The zero-order chi connectivity index (χ0) is 20.9. The smallest absolute Gasteiger partial charge is 0.243 e. The monoisotopic (exact) mass is 418 g/mol. The molecule has 3 N–H and O–H groups in total. The van der Waals surface area contributed by atoms with Gasteiger partial charge in [0.2, 0.25) is 11.8 Å². The topological polar surface area (TPSA) is 104 Å². The molecule has 1 saturated carbocycles. The van der Waals surface area contributed by atoms with Gasteiger partial charge in [0.15, 0.2) is 6.80 Å². The fraction of sp³-hybridized carbons (Fsp3) is 0.667. The maximum Gasteiger partial charge on any atom is 0.243 e. The molecule has 3 fully saturated rings. The number of nitrogens with one attached hydrogen (secondary N) is 2. The number of alkyl halides is 1. The van der Waals surface area contributed by atoms with Crippen molar-refractivity contribution in [2.75, 3.05) is 24.9 Å². The molecule has 30 heavy (non-hydrogen) atoms. The standard InChI is InChI=1S/C21H27FN4O4/c22-12-26-17-15(3-1-8-23-17)21(19(26)29)9-16(25-20(21)6-2-7-20)18(28)24-13-4-5-14(10-27)30-11-13/h1,3,8,13-14,16,25,27H,2,4-7,9-12H2,(H,24,28)/t13-,14+,16?,21?/m1/s1. The number of anilines is 1. The Labute approximate surface area is 174 Å². The second-order valence-corrected chi connectivity index (χ2v) is 8.89. The van der Waals surface area contributed by atoms with E-state index in [1.807, 2.05) is 6.07 Å². The molecule has 0 radical (unpaired) electrons. The first-order valence-electron chi connectivity index (χ1n) is 10.7. The molecule has 0 aromatic carbocycles. The SMILES string of the molecule is O=C(N[C@@H]1CC[C@@H](CO)OC1)C1CC2(C(=O)N(CF)c3ncccc32)C2(CCC2)N1. The maximum atomic E-state index is 13.8. The van der Waals surface area contributed by atoms with Crippen LogP contribution >= 0.6 is 0 Å². The molecule has 3 aliphatic heterocycles. The van der Waals surface area contributed by atoms with Crippen molar-refractivity contribution in [3.63, 3.8) is 0 Å². The highest BCUT2D eigenvalue weighted by atomic mass is 19.1. The number of aliphatic hydroxyl groups is 1. The fourth-order valence-electron chi connectivity index (χ4n) is 5.79. The van der Waals surface area contributed by atoms with E-state index >= 15 is 0 Å². The predicted octanol–water partition coefficient (Wildman–Crippen LogP) is 0.534. The van der Waals surface area contributed by atoms with Gasteiger partial charge >= 0.3 is 0 Å². The predicted molar refractivity (Wildman–Crippen MR) is 105 cm³/mol. The van der Waals surface area contributed by atoms with E-state index in [2.05, 4.69) is 15.6 Å². The van der Waals surface area contributed by atoms with Crippen LogP contribution in [0.4, 0.5) is 10.2 Å². The number of aliphatic hydroxyl groups excluding tert-OH is 1. The summed E-state index contributed by atoms with van der Waals surface area (Å²) in [5, 5.41) is 15.7. The third kappa shape index (κ3) is 2.65. The van der Waals surface area contributed by atoms with E-state index in [9.17, 15) is 19.1 Å². The Morgan fingerprint density at radius 2 is 2.27 bits per heavy atom. The lowest BCUT2D eigenvalue weighted by Crippen LogP contribution is -2.63. The first kappa shape index (κ1) is 19.8. The van der Waals surface area contributed by atoms with Gasteiger partial charge in [-0.25, -0.2) is 9.37 Å². The number of fused-ring (bicyclic) bond motifs is 3. The van der Waals surface area contributed by atoms with E-state index < -0.39 is 23.8 Å².